The highest BCUT2D eigenvalue weighted by Gasteiger charge is 2.35. The van der Waals surface area contributed by atoms with Gasteiger partial charge in [-0.25, -0.2) is 14.2 Å². The molecule has 9 nitrogen and oxygen atoms in total. The number of non-ortho nitro benzene ring substituents is 1. The smallest absolute Gasteiger partial charge is 0.338 e. The average Bonchev–Trinajstić information content (AvgIpc) is 3.50. The van der Waals surface area contributed by atoms with E-state index in [0.717, 1.165) is 22.6 Å². The summed E-state index contributed by atoms with van der Waals surface area (Å²) in [6, 6.07) is 22.2. The summed E-state index contributed by atoms with van der Waals surface area (Å²) in [5.41, 5.74) is 4.65. The summed E-state index contributed by atoms with van der Waals surface area (Å²) in [6.45, 7) is 5.65. The Morgan fingerprint density at radius 1 is 1.07 bits per heavy atom. The minimum Gasteiger partial charge on any atom is -0.463 e. The number of thiazole rings is 1. The molecule has 11 heteroatoms. The summed E-state index contributed by atoms with van der Waals surface area (Å²) in [5, 5.41) is 11.1. The molecule has 1 atom stereocenters. The first-order valence-corrected chi connectivity index (χ1v) is 15.0. The standard InChI is InChI=1S/C34H27FN4O5S/c1-4-44-33(41)29-30(22-8-6-5-7-9-22)36-34-38(31(29)23-10-12-25(35)13-11-23)32(40)28(45-34)19-24-18-20(2)37(21(24)3)26-14-16-27(17-15-26)39(42)43/h5-19,31H,4H2,1-3H3/b28-19-/t31-/m1/s1. The van der Waals surface area contributed by atoms with E-state index in [4.69, 9.17) is 9.73 Å². The molecule has 2 aromatic heterocycles. The minimum absolute atomic E-state index is 0.00434. The molecule has 0 radical (unpaired) electrons. The first-order valence-electron chi connectivity index (χ1n) is 14.2. The summed E-state index contributed by atoms with van der Waals surface area (Å²) < 4.78 is 23.3. The SMILES string of the molecule is CCOC(=O)C1=C(c2ccccc2)N=c2s/c(=C\c3cc(C)n(-c4ccc([N+](=O)[O-])cc4)c3C)c(=O)n2[C@@H]1c1ccc(F)cc1. The fraction of sp³-hybridized carbons (Fsp3) is 0.147. The monoisotopic (exact) mass is 622 g/mol. The van der Waals surface area contributed by atoms with Crippen LogP contribution in [0.15, 0.2) is 100 Å². The van der Waals surface area contributed by atoms with E-state index in [1.807, 2.05) is 54.8 Å². The van der Waals surface area contributed by atoms with Gasteiger partial charge in [0, 0.05) is 34.8 Å². The van der Waals surface area contributed by atoms with Gasteiger partial charge in [-0.3, -0.25) is 19.5 Å². The van der Waals surface area contributed by atoms with Crippen LogP contribution in [0.25, 0.3) is 17.5 Å². The van der Waals surface area contributed by atoms with E-state index in [1.165, 1.54) is 40.2 Å². The van der Waals surface area contributed by atoms with Gasteiger partial charge < -0.3 is 9.30 Å². The van der Waals surface area contributed by atoms with Gasteiger partial charge in [-0.05, 0) is 68.3 Å². The number of halogens is 1. The second-order valence-electron chi connectivity index (χ2n) is 10.4. The Balaban J connectivity index is 1.56. The number of nitro benzene ring substituents is 1. The van der Waals surface area contributed by atoms with Crippen molar-refractivity contribution in [1.29, 1.82) is 0 Å². The number of nitrogens with zero attached hydrogens (tertiary/aromatic N) is 4. The van der Waals surface area contributed by atoms with Gasteiger partial charge in [0.1, 0.15) is 5.82 Å². The van der Waals surface area contributed by atoms with Crippen molar-refractivity contribution < 1.29 is 18.8 Å². The molecule has 0 amide bonds. The molecule has 0 N–H and O–H groups in total. The van der Waals surface area contributed by atoms with Gasteiger partial charge in [-0.15, -0.1) is 0 Å². The van der Waals surface area contributed by atoms with E-state index in [2.05, 4.69) is 0 Å². The zero-order valence-electron chi connectivity index (χ0n) is 24.6. The number of benzene rings is 3. The lowest BCUT2D eigenvalue weighted by molar-refractivity contribution is -0.384. The normalized spacial score (nSPS) is 14.7. The van der Waals surface area contributed by atoms with Gasteiger partial charge in [-0.2, -0.15) is 0 Å². The van der Waals surface area contributed by atoms with Gasteiger partial charge in [0.25, 0.3) is 11.2 Å². The number of carbonyl (C=O) groups excluding carboxylic acids is 1. The van der Waals surface area contributed by atoms with Crippen LogP contribution in [0.2, 0.25) is 0 Å². The summed E-state index contributed by atoms with van der Waals surface area (Å²) in [7, 11) is 0. The maximum absolute atomic E-state index is 14.2. The molecule has 0 bridgehead atoms. The second-order valence-corrected chi connectivity index (χ2v) is 11.4. The number of rotatable bonds is 7. The predicted octanol–water partition coefficient (Wildman–Crippen LogP) is 5.39. The van der Waals surface area contributed by atoms with Gasteiger partial charge in [0.2, 0.25) is 0 Å². The van der Waals surface area contributed by atoms with Crippen LogP contribution in [0.1, 0.15) is 41.0 Å². The van der Waals surface area contributed by atoms with Crippen molar-refractivity contribution >= 4 is 34.8 Å². The fourth-order valence-corrected chi connectivity index (χ4v) is 6.59. The summed E-state index contributed by atoms with van der Waals surface area (Å²) in [5.74, 6) is -1.06. The quantitative estimate of drug-likeness (QED) is 0.137. The zero-order chi connectivity index (χ0) is 31.8. The molecule has 1 aliphatic rings. The highest BCUT2D eigenvalue weighted by molar-refractivity contribution is 7.07. The van der Waals surface area contributed by atoms with Crippen molar-refractivity contribution in [2.75, 3.05) is 6.61 Å². The molecule has 0 spiro atoms. The van der Waals surface area contributed by atoms with E-state index in [9.17, 15) is 24.1 Å². The average molecular weight is 623 g/mol. The van der Waals surface area contributed by atoms with E-state index >= 15 is 0 Å². The lowest BCUT2D eigenvalue weighted by atomic mass is 9.93. The van der Waals surface area contributed by atoms with Crippen molar-refractivity contribution in [1.82, 2.24) is 9.13 Å². The van der Waals surface area contributed by atoms with Crippen LogP contribution in [-0.2, 0) is 9.53 Å². The third-order valence-electron chi connectivity index (χ3n) is 7.64. The third kappa shape index (κ3) is 5.42. The topological polar surface area (TPSA) is 109 Å². The van der Waals surface area contributed by atoms with Gasteiger partial charge in [0.05, 0.1) is 33.4 Å². The lowest BCUT2D eigenvalue weighted by Gasteiger charge is -2.25. The Kier molecular flexibility index (Phi) is 7.86. The molecule has 226 valence electrons. The Morgan fingerprint density at radius 3 is 2.40 bits per heavy atom. The molecular weight excluding hydrogens is 595 g/mol. The number of aryl methyl sites for hydroxylation is 1. The minimum atomic E-state index is -0.911. The first-order chi connectivity index (χ1) is 21.7. The molecule has 5 aromatic rings. The largest absolute Gasteiger partial charge is 0.463 e. The van der Waals surface area contributed by atoms with E-state index in [-0.39, 0.29) is 23.4 Å². The number of aromatic nitrogens is 2. The molecule has 1 aliphatic heterocycles. The number of ether oxygens (including phenoxy) is 1. The highest BCUT2D eigenvalue weighted by atomic mass is 32.1. The number of nitro groups is 1. The van der Waals surface area contributed by atoms with Crippen LogP contribution in [0.5, 0.6) is 0 Å². The maximum Gasteiger partial charge on any atom is 0.338 e. The van der Waals surface area contributed by atoms with Crippen molar-refractivity contribution in [3.05, 3.63) is 154 Å². The Labute approximate surface area is 260 Å². The summed E-state index contributed by atoms with van der Waals surface area (Å²) in [6.07, 6.45) is 1.78. The zero-order valence-corrected chi connectivity index (χ0v) is 25.4. The van der Waals surface area contributed by atoms with Crippen LogP contribution < -0.4 is 14.9 Å². The van der Waals surface area contributed by atoms with E-state index in [1.54, 1.807) is 37.3 Å². The van der Waals surface area contributed by atoms with Crippen molar-refractivity contribution in [2.45, 2.75) is 26.8 Å². The molecule has 0 aliphatic carbocycles. The first kappa shape index (κ1) is 29.6. The summed E-state index contributed by atoms with van der Waals surface area (Å²) >= 11 is 1.19. The lowest BCUT2D eigenvalue weighted by Crippen LogP contribution is -2.40. The van der Waals surface area contributed by atoms with Gasteiger partial charge in [-0.1, -0.05) is 53.8 Å². The Morgan fingerprint density at radius 2 is 1.76 bits per heavy atom. The molecule has 0 fully saturated rings. The van der Waals surface area contributed by atoms with Gasteiger partial charge in [0.15, 0.2) is 4.80 Å². The number of fused-ring (bicyclic) bond motifs is 1. The second kappa shape index (κ2) is 11.9. The van der Waals surface area contributed by atoms with Crippen LogP contribution in [-0.4, -0.2) is 26.6 Å². The van der Waals surface area contributed by atoms with Crippen LogP contribution in [0, 0.1) is 29.8 Å². The molecule has 45 heavy (non-hydrogen) atoms. The number of carbonyl (C=O) groups is 1. The third-order valence-corrected chi connectivity index (χ3v) is 8.62. The molecule has 0 saturated carbocycles. The van der Waals surface area contributed by atoms with Crippen LogP contribution in [0.4, 0.5) is 10.1 Å². The molecule has 0 unspecified atom stereocenters. The molecular formula is C34H27FN4O5S. The van der Waals surface area contributed by atoms with Crippen LogP contribution >= 0.6 is 11.3 Å². The number of esters is 1. The maximum atomic E-state index is 14.2. The molecule has 3 aromatic carbocycles. The van der Waals surface area contributed by atoms with Gasteiger partial charge >= 0.3 is 5.97 Å². The highest BCUT2D eigenvalue weighted by Crippen LogP contribution is 2.35. The van der Waals surface area contributed by atoms with Crippen molar-refractivity contribution in [3.8, 4) is 5.69 Å². The van der Waals surface area contributed by atoms with E-state index < -0.39 is 22.8 Å². The summed E-state index contributed by atoms with van der Waals surface area (Å²) in [4.78, 5) is 43.6. The Hall–Kier alpha value is -5.42. The van der Waals surface area contributed by atoms with Crippen molar-refractivity contribution in [2.24, 2.45) is 4.99 Å². The molecule has 6 rings (SSSR count). The molecule has 0 saturated heterocycles. The van der Waals surface area contributed by atoms with E-state index in [0.29, 0.717) is 26.2 Å². The Bertz CT molecular complexity index is 2160. The van der Waals surface area contributed by atoms with Crippen LogP contribution in [0.3, 0.4) is 0 Å². The predicted molar refractivity (Wildman–Crippen MR) is 169 cm³/mol. The number of hydrogen-bond acceptors (Lipinski definition) is 7. The molecule has 3 heterocycles. The fourth-order valence-electron chi connectivity index (χ4n) is 5.60. The van der Waals surface area contributed by atoms with Crippen molar-refractivity contribution in [3.63, 3.8) is 0 Å². The number of hydrogen-bond donors (Lipinski definition) is 0.